The van der Waals surface area contributed by atoms with Gasteiger partial charge in [0.05, 0.1) is 33.1 Å². The van der Waals surface area contributed by atoms with Crippen LogP contribution in [0.25, 0.3) is 0 Å². The number of nitrogens with two attached hydrogens (primary N) is 2. The first-order chi connectivity index (χ1) is 14.9. The van der Waals surface area contributed by atoms with E-state index in [0.717, 1.165) is 5.56 Å². The zero-order valence-electron chi connectivity index (χ0n) is 19.7. The smallest absolute Gasteiger partial charge is 0.305 e. The number of guanidine groups is 1. The molecule has 0 saturated carbocycles. The molecule has 0 unspecified atom stereocenters. The van der Waals surface area contributed by atoms with Crippen molar-refractivity contribution in [2.24, 2.45) is 28.3 Å². The van der Waals surface area contributed by atoms with Crippen LogP contribution >= 0.6 is 0 Å². The summed E-state index contributed by atoms with van der Waals surface area (Å²) in [7, 11) is 3.05. The molecule has 1 aromatic carbocycles. The first-order valence-corrected chi connectivity index (χ1v) is 10.2. The van der Waals surface area contributed by atoms with Gasteiger partial charge < -0.3 is 26.0 Å². The fourth-order valence-corrected chi connectivity index (χ4v) is 2.52. The summed E-state index contributed by atoms with van der Waals surface area (Å²) >= 11 is 0. The van der Waals surface area contributed by atoms with Gasteiger partial charge in [0.25, 0.3) is 0 Å². The Bertz CT molecular complexity index is 793. The van der Waals surface area contributed by atoms with Crippen LogP contribution in [-0.4, -0.2) is 49.1 Å². The Morgan fingerprint density at radius 3 is 2.06 bits per heavy atom. The van der Waals surface area contributed by atoms with Crippen LogP contribution in [0.3, 0.4) is 0 Å². The van der Waals surface area contributed by atoms with Gasteiger partial charge in [0.2, 0.25) is 11.8 Å². The number of ether oxygens (including phenoxy) is 2. The van der Waals surface area contributed by atoms with Crippen LogP contribution in [0.4, 0.5) is 0 Å². The van der Waals surface area contributed by atoms with Gasteiger partial charge in [0.1, 0.15) is 0 Å². The Hall–Kier alpha value is -3.30. The normalized spacial score (nSPS) is 11.9. The number of benzene rings is 1. The van der Waals surface area contributed by atoms with E-state index in [-0.39, 0.29) is 42.5 Å². The molecule has 32 heavy (non-hydrogen) atoms. The molecule has 0 heterocycles. The molecule has 0 saturated heterocycles. The van der Waals surface area contributed by atoms with Crippen molar-refractivity contribution < 1.29 is 29.0 Å². The number of nitrogens with one attached hydrogen (secondary N) is 1. The second-order valence-corrected chi connectivity index (χ2v) is 7.87. The largest absolute Gasteiger partial charge is 0.493 e. The van der Waals surface area contributed by atoms with Crippen LogP contribution in [0.2, 0.25) is 0 Å². The number of carboxylic acids is 1. The minimum Gasteiger partial charge on any atom is -0.493 e. The molecule has 1 rings (SSSR count). The fraction of sp³-hybridized carbons (Fsp3) is 0.545. The summed E-state index contributed by atoms with van der Waals surface area (Å²) in [5.41, 5.74) is 11.3. The van der Waals surface area contributed by atoms with Crippen LogP contribution in [0.15, 0.2) is 23.2 Å². The van der Waals surface area contributed by atoms with Crippen LogP contribution in [0.5, 0.6) is 11.5 Å². The number of rotatable bonds is 10. The first kappa shape index (κ1) is 28.7. The molecule has 0 aliphatic heterocycles. The van der Waals surface area contributed by atoms with E-state index in [1.54, 1.807) is 32.0 Å². The lowest BCUT2D eigenvalue weighted by atomic mass is 10.0. The Labute approximate surface area is 189 Å². The van der Waals surface area contributed by atoms with Gasteiger partial charge in [-0.3, -0.25) is 19.7 Å². The summed E-state index contributed by atoms with van der Waals surface area (Å²) in [5.74, 6) is -0.275. The number of hydrogen-bond acceptors (Lipinski definition) is 6. The van der Waals surface area contributed by atoms with Crippen molar-refractivity contribution in [3.05, 3.63) is 23.8 Å². The third-order valence-electron chi connectivity index (χ3n) is 4.12. The van der Waals surface area contributed by atoms with Crippen LogP contribution < -0.4 is 26.3 Å². The van der Waals surface area contributed by atoms with Crippen LogP contribution in [0, 0.1) is 11.8 Å². The number of aliphatic carboxylic acids is 1. The zero-order chi connectivity index (χ0) is 24.8. The Morgan fingerprint density at radius 2 is 1.62 bits per heavy atom. The second kappa shape index (κ2) is 14.7. The lowest BCUT2D eigenvalue weighted by Crippen LogP contribution is -2.39. The first-order valence-electron chi connectivity index (χ1n) is 10.2. The number of amides is 2. The van der Waals surface area contributed by atoms with Crippen molar-refractivity contribution in [2.75, 3.05) is 14.2 Å². The van der Waals surface area contributed by atoms with Gasteiger partial charge in [-0.1, -0.05) is 33.8 Å². The predicted octanol–water partition coefficient (Wildman–Crippen LogP) is 1.69. The highest BCUT2D eigenvalue weighted by atomic mass is 16.5. The molecule has 6 N–H and O–H groups in total. The van der Waals surface area contributed by atoms with Crippen molar-refractivity contribution in [3.63, 3.8) is 0 Å². The van der Waals surface area contributed by atoms with Crippen LogP contribution in [-0.2, 0) is 20.8 Å². The van der Waals surface area contributed by atoms with E-state index >= 15 is 0 Å². The maximum atomic E-state index is 12.1. The van der Waals surface area contributed by atoms with Crippen LogP contribution in [0.1, 0.15) is 46.1 Å². The average molecular weight is 453 g/mol. The lowest BCUT2D eigenvalue weighted by Gasteiger charge is -2.14. The van der Waals surface area contributed by atoms with E-state index in [1.807, 2.05) is 13.8 Å². The molecule has 1 aromatic rings. The van der Waals surface area contributed by atoms with E-state index in [4.69, 9.17) is 26.0 Å². The summed E-state index contributed by atoms with van der Waals surface area (Å²) in [6.45, 7) is 7.47. The molecule has 0 radical (unpaired) electrons. The van der Waals surface area contributed by atoms with E-state index < -0.39 is 12.0 Å². The van der Waals surface area contributed by atoms with E-state index in [1.165, 1.54) is 14.2 Å². The van der Waals surface area contributed by atoms with E-state index in [9.17, 15) is 14.4 Å². The maximum absolute atomic E-state index is 12.1. The molecule has 0 fully saturated rings. The maximum Gasteiger partial charge on any atom is 0.305 e. The highest BCUT2D eigenvalue weighted by molar-refractivity contribution is 5.97. The third-order valence-corrected chi connectivity index (χ3v) is 4.12. The molecular formula is C22H36N4O6. The van der Waals surface area contributed by atoms with Gasteiger partial charge in [-0.15, -0.1) is 0 Å². The van der Waals surface area contributed by atoms with Gasteiger partial charge in [-0.2, -0.15) is 0 Å². The van der Waals surface area contributed by atoms with Gasteiger partial charge in [0.15, 0.2) is 17.5 Å². The van der Waals surface area contributed by atoms with Crippen molar-refractivity contribution in [1.29, 1.82) is 0 Å². The molecule has 2 amide bonds. The Balaban J connectivity index is 0.00000140. The van der Waals surface area contributed by atoms with Crippen molar-refractivity contribution >= 4 is 23.7 Å². The molecule has 10 heteroatoms. The Morgan fingerprint density at radius 1 is 1.06 bits per heavy atom. The summed E-state index contributed by atoms with van der Waals surface area (Å²) in [6, 6.07) is 4.69. The number of methoxy groups -OCH3 is 2. The monoisotopic (exact) mass is 452 g/mol. The standard InChI is InChI=1S/C18H27N3O5.C4H9NO/c1-11(2)7-13(10-17(23)24)20-18(19)21-16(22)9-12-5-6-14(25-3)15(8-12)26-4;1-3(2)4(5)6/h5-6,8,11,13H,7,9-10H2,1-4H3,(H,23,24)(H3,19,20,21,22);3H,1-2H3,(H2,5,6)/t13-;/m1./s1. The van der Waals surface area contributed by atoms with Gasteiger partial charge in [0, 0.05) is 5.92 Å². The second-order valence-electron chi connectivity index (χ2n) is 7.87. The molecule has 0 aliphatic carbocycles. The highest BCUT2D eigenvalue weighted by Crippen LogP contribution is 2.27. The Kier molecular flexibility index (Phi) is 13.1. The zero-order valence-corrected chi connectivity index (χ0v) is 19.7. The molecular weight excluding hydrogens is 416 g/mol. The fourth-order valence-electron chi connectivity index (χ4n) is 2.52. The molecule has 0 aliphatic rings. The number of carbonyl (C=O) groups is 3. The van der Waals surface area contributed by atoms with Gasteiger partial charge in [-0.25, -0.2) is 4.99 Å². The van der Waals surface area contributed by atoms with Gasteiger partial charge in [-0.05, 0) is 30.0 Å². The summed E-state index contributed by atoms with van der Waals surface area (Å²) in [5, 5.41) is 11.5. The van der Waals surface area contributed by atoms with E-state index in [2.05, 4.69) is 10.3 Å². The number of primary amides is 1. The lowest BCUT2D eigenvalue weighted by molar-refractivity contribution is -0.137. The molecule has 0 spiro atoms. The molecule has 10 nitrogen and oxygen atoms in total. The van der Waals surface area contributed by atoms with Crippen molar-refractivity contribution in [3.8, 4) is 11.5 Å². The number of hydrogen-bond donors (Lipinski definition) is 4. The molecule has 0 bridgehead atoms. The van der Waals surface area contributed by atoms with E-state index in [0.29, 0.717) is 17.9 Å². The molecule has 1 atom stereocenters. The third kappa shape index (κ3) is 12.4. The summed E-state index contributed by atoms with van der Waals surface area (Å²) < 4.78 is 10.4. The SMILES string of the molecule is CC(C)C(N)=O.COc1ccc(CC(=O)NC(N)=N[C@@H](CC(=O)O)CC(C)C)cc1OC. The summed E-state index contributed by atoms with van der Waals surface area (Å²) in [4.78, 5) is 37.1. The average Bonchev–Trinajstić information content (AvgIpc) is 2.66. The minimum atomic E-state index is -0.955. The van der Waals surface area contributed by atoms with Gasteiger partial charge >= 0.3 is 5.97 Å². The van der Waals surface area contributed by atoms with Crippen molar-refractivity contribution in [2.45, 2.75) is 53.0 Å². The minimum absolute atomic E-state index is 0.00926. The number of nitrogens with zero attached hydrogens (tertiary/aromatic N) is 1. The summed E-state index contributed by atoms with van der Waals surface area (Å²) in [6.07, 6.45) is 0.507. The quantitative estimate of drug-likeness (QED) is 0.309. The highest BCUT2D eigenvalue weighted by Gasteiger charge is 2.15. The number of carboxylic acid groups (broad SMARTS) is 1. The predicted molar refractivity (Wildman–Crippen MR) is 123 cm³/mol. The van der Waals surface area contributed by atoms with Crippen molar-refractivity contribution in [1.82, 2.24) is 5.32 Å². The topological polar surface area (TPSA) is 166 Å². The molecule has 0 aromatic heterocycles. The number of aliphatic imine (C=N–C) groups is 1. The number of carbonyl (C=O) groups excluding carboxylic acids is 2. The molecule has 180 valence electrons.